The number of aliphatic hydroxyl groups excluding tert-OH is 1. The van der Waals surface area contributed by atoms with Gasteiger partial charge in [-0.3, -0.25) is 19.6 Å². The number of amides is 2. The molecule has 144 valence electrons. The van der Waals surface area contributed by atoms with Gasteiger partial charge in [0.25, 0.3) is 11.8 Å². The van der Waals surface area contributed by atoms with E-state index >= 15 is 0 Å². The van der Waals surface area contributed by atoms with Crippen molar-refractivity contribution in [2.75, 3.05) is 0 Å². The summed E-state index contributed by atoms with van der Waals surface area (Å²) in [6.45, 7) is 2.82. The Morgan fingerprint density at radius 3 is 1.75 bits per heavy atom. The fourth-order valence-corrected chi connectivity index (χ4v) is 2.34. The lowest BCUT2D eigenvalue weighted by molar-refractivity contribution is -0.133. The first-order valence-corrected chi connectivity index (χ1v) is 8.47. The quantitative estimate of drug-likeness (QED) is 0.270. The highest BCUT2D eigenvalue weighted by Crippen LogP contribution is 2.07. The fourth-order valence-electron chi connectivity index (χ4n) is 2.34. The van der Waals surface area contributed by atoms with Crippen LogP contribution in [-0.2, 0) is 4.79 Å². The summed E-state index contributed by atoms with van der Waals surface area (Å²) in [6.07, 6.45) is -1.18. The van der Waals surface area contributed by atoms with Crippen LogP contribution < -0.4 is 10.8 Å². The van der Waals surface area contributed by atoms with Crippen LogP contribution in [0, 0.1) is 11.8 Å². The highest BCUT2D eigenvalue weighted by molar-refractivity contribution is 5.97. The number of carbonyl (C=O) groups excluding carboxylic acids is 3. The van der Waals surface area contributed by atoms with Crippen molar-refractivity contribution in [1.29, 1.82) is 0 Å². The minimum Gasteiger partial charge on any atom is -0.391 e. The Bertz CT molecular complexity index is 922. The van der Waals surface area contributed by atoms with Crippen LogP contribution in [-0.4, -0.2) is 40.1 Å². The number of hydrogen-bond acceptors (Lipinski definition) is 5. The SMILES string of the molecule is CC(=O)c1ccc(C#Cc2ccc(C(=O)NC(C(=O)NO)C(C)O)cc2)cc1. The van der Waals surface area contributed by atoms with Crippen molar-refractivity contribution in [3.05, 3.63) is 70.8 Å². The van der Waals surface area contributed by atoms with Gasteiger partial charge in [0.15, 0.2) is 5.78 Å². The van der Waals surface area contributed by atoms with Crippen LogP contribution in [0.3, 0.4) is 0 Å². The maximum atomic E-state index is 12.2. The van der Waals surface area contributed by atoms with Gasteiger partial charge < -0.3 is 10.4 Å². The molecule has 0 aliphatic carbocycles. The molecule has 4 N–H and O–H groups in total. The zero-order chi connectivity index (χ0) is 20.7. The molecular formula is C21H20N2O5. The van der Waals surface area contributed by atoms with Gasteiger partial charge in [0.2, 0.25) is 0 Å². The van der Waals surface area contributed by atoms with E-state index in [9.17, 15) is 19.5 Å². The van der Waals surface area contributed by atoms with Crippen molar-refractivity contribution in [3.8, 4) is 11.8 Å². The number of rotatable bonds is 5. The molecule has 2 atom stereocenters. The predicted molar refractivity (Wildman–Crippen MR) is 102 cm³/mol. The average Bonchev–Trinajstić information content (AvgIpc) is 2.70. The summed E-state index contributed by atoms with van der Waals surface area (Å²) in [5.41, 5.74) is 3.72. The molecule has 28 heavy (non-hydrogen) atoms. The zero-order valence-electron chi connectivity index (χ0n) is 15.4. The van der Waals surface area contributed by atoms with E-state index in [-0.39, 0.29) is 11.3 Å². The third-order valence-electron chi connectivity index (χ3n) is 3.95. The van der Waals surface area contributed by atoms with Crippen molar-refractivity contribution < 1.29 is 24.7 Å². The summed E-state index contributed by atoms with van der Waals surface area (Å²) in [7, 11) is 0. The van der Waals surface area contributed by atoms with Crippen LogP contribution in [0.5, 0.6) is 0 Å². The molecule has 2 rings (SSSR count). The maximum Gasteiger partial charge on any atom is 0.268 e. The monoisotopic (exact) mass is 380 g/mol. The summed E-state index contributed by atoms with van der Waals surface area (Å²) in [4.78, 5) is 35.0. The number of carbonyl (C=O) groups is 3. The molecule has 2 unspecified atom stereocenters. The summed E-state index contributed by atoms with van der Waals surface area (Å²) in [5.74, 6) is 4.43. The lowest BCUT2D eigenvalue weighted by atomic mass is 10.1. The van der Waals surface area contributed by atoms with E-state index in [0.29, 0.717) is 11.1 Å². The molecule has 2 amide bonds. The summed E-state index contributed by atoms with van der Waals surface area (Å²) in [5, 5.41) is 20.6. The van der Waals surface area contributed by atoms with Gasteiger partial charge in [-0.2, -0.15) is 0 Å². The average molecular weight is 380 g/mol. The van der Waals surface area contributed by atoms with Gasteiger partial charge in [-0.05, 0) is 50.2 Å². The third-order valence-corrected chi connectivity index (χ3v) is 3.95. The van der Waals surface area contributed by atoms with E-state index in [2.05, 4.69) is 17.2 Å². The second kappa shape index (κ2) is 9.46. The van der Waals surface area contributed by atoms with Crippen LogP contribution >= 0.6 is 0 Å². The third kappa shape index (κ3) is 5.51. The van der Waals surface area contributed by atoms with Crippen LogP contribution in [0.25, 0.3) is 0 Å². The number of nitrogens with one attached hydrogen (secondary N) is 2. The second-order valence-electron chi connectivity index (χ2n) is 6.13. The highest BCUT2D eigenvalue weighted by atomic mass is 16.5. The molecule has 0 aromatic heterocycles. The molecule has 0 saturated carbocycles. The number of Topliss-reactive ketones (excluding diaryl/α,β-unsaturated/α-hetero) is 1. The molecule has 0 heterocycles. The van der Waals surface area contributed by atoms with Gasteiger partial charge in [0, 0.05) is 22.3 Å². The second-order valence-corrected chi connectivity index (χ2v) is 6.13. The van der Waals surface area contributed by atoms with E-state index in [4.69, 9.17) is 5.21 Å². The number of hydroxylamine groups is 1. The van der Waals surface area contributed by atoms with E-state index < -0.39 is 24.0 Å². The largest absolute Gasteiger partial charge is 0.391 e. The van der Waals surface area contributed by atoms with E-state index in [1.807, 2.05) is 0 Å². The molecule has 0 spiro atoms. The number of aliphatic hydroxyl groups is 1. The summed E-state index contributed by atoms with van der Waals surface area (Å²) in [6, 6.07) is 12.0. The number of ketones is 1. The first kappa shape index (κ1) is 20.8. The molecule has 7 nitrogen and oxygen atoms in total. The van der Waals surface area contributed by atoms with Crippen LogP contribution in [0.1, 0.15) is 45.7 Å². The van der Waals surface area contributed by atoms with Crippen molar-refractivity contribution in [2.24, 2.45) is 0 Å². The Hall–Kier alpha value is -3.47. The van der Waals surface area contributed by atoms with Crippen LogP contribution in [0.2, 0.25) is 0 Å². The predicted octanol–water partition coefficient (Wildman–Crippen LogP) is 1.27. The van der Waals surface area contributed by atoms with Gasteiger partial charge in [-0.25, -0.2) is 5.48 Å². The molecule has 0 aliphatic rings. The number of benzene rings is 2. The Morgan fingerprint density at radius 1 is 0.893 bits per heavy atom. The van der Waals surface area contributed by atoms with E-state index in [1.54, 1.807) is 36.4 Å². The first-order chi connectivity index (χ1) is 13.3. The van der Waals surface area contributed by atoms with Crippen LogP contribution in [0.4, 0.5) is 0 Å². The Morgan fingerprint density at radius 2 is 1.36 bits per heavy atom. The normalized spacial score (nSPS) is 12.1. The molecule has 0 saturated heterocycles. The van der Waals surface area contributed by atoms with Crippen molar-refractivity contribution >= 4 is 17.6 Å². The minimum atomic E-state index is -1.28. The minimum absolute atomic E-state index is 0.0114. The topological polar surface area (TPSA) is 116 Å². The number of hydrogen-bond donors (Lipinski definition) is 4. The van der Waals surface area contributed by atoms with Crippen molar-refractivity contribution in [2.45, 2.75) is 26.0 Å². The van der Waals surface area contributed by atoms with Gasteiger partial charge in [-0.1, -0.05) is 24.0 Å². The molecule has 7 heteroatoms. The van der Waals surface area contributed by atoms with Crippen molar-refractivity contribution in [3.63, 3.8) is 0 Å². The van der Waals surface area contributed by atoms with Crippen molar-refractivity contribution in [1.82, 2.24) is 10.8 Å². The van der Waals surface area contributed by atoms with Gasteiger partial charge in [-0.15, -0.1) is 0 Å². The molecular weight excluding hydrogens is 360 g/mol. The molecule has 0 bridgehead atoms. The zero-order valence-corrected chi connectivity index (χ0v) is 15.4. The summed E-state index contributed by atoms with van der Waals surface area (Å²) >= 11 is 0. The maximum absolute atomic E-state index is 12.2. The molecule has 0 aliphatic heterocycles. The van der Waals surface area contributed by atoms with Crippen LogP contribution in [0.15, 0.2) is 48.5 Å². The smallest absolute Gasteiger partial charge is 0.268 e. The van der Waals surface area contributed by atoms with Gasteiger partial charge >= 0.3 is 0 Å². The fraction of sp³-hybridized carbons (Fsp3) is 0.190. The van der Waals surface area contributed by atoms with Gasteiger partial charge in [0.05, 0.1) is 6.10 Å². The molecule has 0 fully saturated rings. The lowest BCUT2D eigenvalue weighted by Gasteiger charge is -2.19. The van der Waals surface area contributed by atoms with E-state index in [0.717, 1.165) is 5.56 Å². The summed E-state index contributed by atoms with van der Waals surface area (Å²) < 4.78 is 0. The van der Waals surface area contributed by atoms with Gasteiger partial charge in [0.1, 0.15) is 6.04 Å². The Balaban J connectivity index is 2.08. The highest BCUT2D eigenvalue weighted by Gasteiger charge is 2.25. The Kier molecular flexibility index (Phi) is 7.04. The standard InChI is InChI=1S/C21H20N2O5/c1-13(24)17-9-5-15(6-10-17)3-4-16-7-11-18(12-8-16)20(26)22-19(14(2)25)21(27)23-28/h5-12,14,19,25,28H,1-2H3,(H,22,26)(H,23,27). The molecule has 2 aromatic rings. The lowest BCUT2D eigenvalue weighted by Crippen LogP contribution is -2.51. The molecule has 2 aromatic carbocycles. The Labute approximate surface area is 162 Å². The first-order valence-electron chi connectivity index (χ1n) is 8.47. The molecule has 0 radical (unpaired) electrons. The van der Waals surface area contributed by atoms with E-state index in [1.165, 1.54) is 31.5 Å².